The van der Waals surface area contributed by atoms with Gasteiger partial charge < -0.3 is 0 Å². The third kappa shape index (κ3) is 7.06. The summed E-state index contributed by atoms with van der Waals surface area (Å²) in [6.07, 6.45) is -4.77. The van der Waals surface area contributed by atoms with E-state index >= 15 is 17.6 Å². The van der Waals surface area contributed by atoms with Crippen molar-refractivity contribution in [2.75, 3.05) is 4.93 Å². The third-order valence-corrected chi connectivity index (χ3v) is 18.8. The molecule has 9 rings (SSSR count). The molecule has 3 nitrogen and oxygen atoms in total. The van der Waals surface area contributed by atoms with Crippen molar-refractivity contribution in [1.29, 1.82) is 0 Å². The standard InChI is InChI=1S/C28H21F4IO2.C20H17IO/c1-20-16-18-23(19-17-20)34-28(31,32)27(29,30)33-25-15-9-8-14-24(25)26(35-33,21-10-4-2-5-11-21)22-12-6-3-7-13-22;1-21-19-15-9-8-14-18(19)20(22-21,16-10-4-2-5-11-16)17-12-6-3-7-13-17/h2-19H,1H3;2-15H,1H3. The Balaban J connectivity index is 0.000000177. The second-order valence-electron chi connectivity index (χ2n) is 13.5. The molecule has 0 amide bonds. The summed E-state index contributed by atoms with van der Waals surface area (Å²) in [5.41, 5.74) is 4.31. The van der Waals surface area contributed by atoms with Crippen LogP contribution >= 0.6 is 40.5 Å². The number of hydrogen-bond donors (Lipinski definition) is 0. The van der Waals surface area contributed by atoms with Gasteiger partial charge in [0.2, 0.25) is 0 Å². The fourth-order valence-corrected chi connectivity index (χ4v) is 16.3. The van der Waals surface area contributed by atoms with Crippen LogP contribution in [0.2, 0.25) is 0 Å². The number of alkyl halides is 6. The molecule has 0 aliphatic carbocycles. The Labute approximate surface area is 345 Å². The number of hydrogen-bond acceptors (Lipinski definition) is 3. The molecule has 7 aromatic carbocycles. The molecule has 9 heteroatoms. The molecule has 2 heterocycles. The molecule has 7 aromatic rings. The molecular formula is C48H38F4I2O3. The molecule has 0 atom stereocenters. The van der Waals surface area contributed by atoms with E-state index in [1.807, 2.05) is 0 Å². The number of benzene rings is 7. The van der Waals surface area contributed by atoms with Crippen LogP contribution in [-0.4, -0.2) is 15.0 Å². The van der Waals surface area contributed by atoms with E-state index in [1.54, 1.807) is 85.8 Å². The Bertz CT molecular complexity index is 2360. The molecule has 57 heavy (non-hydrogen) atoms. The van der Waals surface area contributed by atoms with E-state index in [9.17, 15) is 0 Å². The van der Waals surface area contributed by atoms with Crippen LogP contribution in [0.4, 0.5) is 17.6 Å². The van der Waals surface area contributed by atoms with Crippen LogP contribution in [0.1, 0.15) is 38.9 Å². The van der Waals surface area contributed by atoms with Crippen LogP contribution in [-0.2, 0) is 17.3 Å². The number of rotatable bonds is 8. The van der Waals surface area contributed by atoms with Crippen molar-refractivity contribution in [1.82, 2.24) is 0 Å². The molecule has 0 N–H and O–H groups in total. The molecule has 2 aliphatic rings. The normalized spacial score (nSPS) is 16.5. The van der Waals surface area contributed by atoms with Crippen LogP contribution in [0.15, 0.2) is 194 Å². The first-order valence-electron chi connectivity index (χ1n) is 18.2. The second-order valence-corrected chi connectivity index (χ2v) is 21.9. The van der Waals surface area contributed by atoms with Crippen LogP contribution in [0, 0.1) is 14.1 Å². The Kier molecular flexibility index (Phi) is 11.0. The van der Waals surface area contributed by atoms with E-state index in [1.165, 1.54) is 50.6 Å². The Hall–Kier alpha value is -4.56. The minimum atomic E-state index is -4.77. The third-order valence-electron chi connectivity index (χ3n) is 9.94. The van der Waals surface area contributed by atoms with Gasteiger partial charge in [0, 0.05) is 0 Å². The van der Waals surface area contributed by atoms with Gasteiger partial charge in [-0.25, -0.2) is 0 Å². The van der Waals surface area contributed by atoms with Crippen LogP contribution in [0.3, 0.4) is 0 Å². The van der Waals surface area contributed by atoms with Gasteiger partial charge in [-0.05, 0) is 0 Å². The number of ether oxygens (including phenoxy) is 1. The van der Waals surface area contributed by atoms with Gasteiger partial charge in [-0.15, -0.1) is 0 Å². The number of halogens is 6. The van der Waals surface area contributed by atoms with Crippen molar-refractivity contribution >= 4 is 40.5 Å². The quantitative estimate of drug-likeness (QED) is 0.0863. The zero-order valence-electron chi connectivity index (χ0n) is 31.0. The SMILES string of the molecule is CI1OC(c2ccccc2)(c2ccccc2)c2ccccc21.Cc1ccc(OC(F)(F)C(F)(F)I2OC(c3ccccc3)(c3ccccc3)c3ccccc32)cc1. The van der Waals surface area contributed by atoms with E-state index in [4.69, 9.17) is 6.13 Å². The van der Waals surface area contributed by atoms with Gasteiger partial charge in [-0.2, -0.15) is 0 Å². The molecule has 0 bridgehead atoms. The van der Waals surface area contributed by atoms with E-state index in [0.717, 1.165) is 5.56 Å². The first-order valence-corrected chi connectivity index (χ1v) is 25.4. The molecule has 0 unspecified atom stereocenters. The van der Waals surface area contributed by atoms with Gasteiger partial charge in [0.05, 0.1) is 0 Å². The van der Waals surface area contributed by atoms with E-state index < -0.39 is 61.7 Å². The minimum absolute atomic E-state index is 0.140. The zero-order valence-corrected chi connectivity index (χ0v) is 35.3. The van der Waals surface area contributed by atoms with Crippen molar-refractivity contribution in [3.8, 4) is 5.75 Å². The molecule has 0 radical (unpaired) electrons. The number of aryl methyl sites for hydroxylation is 1. The summed E-state index contributed by atoms with van der Waals surface area (Å²) in [5, 5.41) is 0. The Morgan fingerprint density at radius 1 is 0.456 bits per heavy atom. The van der Waals surface area contributed by atoms with Gasteiger partial charge in [0.25, 0.3) is 0 Å². The average Bonchev–Trinajstić information content (AvgIpc) is 3.77. The van der Waals surface area contributed by atoms with Gasteiger partial charge in [0.15, 0.2) is 0 Å². The van der Waals surface area contributed by atoms with Gasteiger partial charge >= 0.3 is 348 Å². The fraction of sp³-hybridized carbons (Fsp3) is 0.125. The monoisotopic (exact) mass is 992 g/mol. The summed E-state index contributed by atoms with van der Waals surface area (Å²) in [7, 11) is 0. The summed E-state index contributed by atoms with van der Waals surface area (Å²) >= 11 is -5.98. The van der Waals surface area contributed by atoms with Crippen molar-refractivity contribution in [2.45, 2.75) is 28.2 Å². The predicted octanol–water partition coefficient (Wildman–Crippen LogP) is 13.4. The second kappa shape index (κ2) is 16.0. The molecule has 290 valence electrons. The topological polar surface area (TPSA) is 27.7 Å². The van der Waals surface area contributed by atoms with Crippen molar-refractivity contribution in [3.05, 3.63) is 240 Å². The maximum absolute atomic E-state index is 15.8. The van der Waals surface area contributed by atoms with Crippen molar-refractivity contribution in [3.63, 3.8) is 0 Å². The Morgan fingerprint density at radius 2 is 0.825 bits per heavy atom. The molecule has 0 spiro atoms. The van der Waals surface area contributed by atoms with Crippen LogP contribution in [0.25, 0.3) is 0 Å². The Morgan fingerprint density at radius 3 is 1.28 bits per heavy atom. The summed E-state index contributed by atoms with van der Waals surface area (Å²) < 4.78 is 76.6. The van der Waals surface area contributed by atoms with Gasteiger partial charge in [-0.1, -0.05) is 0 Å². The molecular weight excluding hydrogens is 954 g/mol. The molecule has 0 saturated heterocycles. The van der Waals surface area contributed by atoms with Crippen molar-refractivity contribution < 1.29 is 28.4 Å². The molecule has 2 aliphatic heterocycles. The first-order chi connectivity index (χ1) is 27.6. The zero-order chi connectivity index (χ0) is 39.7. The molecule has 0 fully saturated rings. The summed E-state index contributed by atoms with van der Waals surface area (Å²) in [5.74, 6) is -0.332. The van der Waals surface area contributed by atoms with Gasteiger partial charge in [-0.3, -0.25) is 0 Å². The van der Waals surface area contributed by atoms with E-state index in [0.29, 0.717) is 16.7 Å². The fourth-order valence-electron chi connectivity index (χ4n) is 7.24. The number of fused-ring (bicyclic) bond motifs is 2. The summed E-state index contributed by atoms with van der Waals surface area (Å²) in [6.45, 7) is 1.76. The van der Waals surface area contributed by atoms with Crippen LogP contribution in [0.5, 0.6) is 5.75 Å². The van der Waals surface area contributed by atoms with E-state index in [-0.39, 0.29) is 9.32 Å². The van der Waals surface area contributed by atoms with Crippen LogP contribution < -0.4 is 4.74 Å². The summed E-state index contributed by atoms with van der Waals surface area (Å²) in [4.78, 5) is 2.29. The van der Waals surface area contributed by atoms with Gasteiger partial charge in [0.1, 0.15) is 0 Å². The first kappa shape index (κ1) is 39.3. The predicted molar refractivity (Wildman–Crippen MR) is 234 cm³/mol. The average molecular weight is 993 g/mol. The maximum atomic E-state index is 15.8. The molecule has 0 aromatic heterocycles. The van der Waals surface area contributed by atoms with E-state index in [2.05, 4.69) is 94.6 Å². The molecule has 0 saturated carbocycles. The van der Waals surface area contributed by atoms with Crippen molar-refractivity contribution in [2.24, 2.45) is 0 Å². The summed E-state index contributed by atoms with van der Waals surface area (Å²) in [6, 6.07) is 59.7.